The number of nitrogens with zero attached hydrogens (tertiary/aromatic N) is 4. The molecule has 0 saturated carbocycles. The molecule has 0 saturated heterocycles. The molecule has 8 heteroatoms. The molecule has 0 aliphatic rings. The van der Waals surface area contributed by atoms with Crippen molar-refractivity contribution in [3.63, 3.8) is 0 Å². The molecule has 0 unspecified atom stereocenters. The van der Waals surface area contributed by atoms with Crippen LogP contribution in [0.3, 0.4) is 0 Å². The highest BCUT2D eigenvalue weighted by molar-refractivity contribution is 5.74. The second-order valence-corrected chi connectivity index (χ2v) is 5.26. The maximum Gasteiger partial charge on any atom is 0.320 e. The number of aromatic amines is 1. The number of hydrogen-bond acceptors (Lipinski definition) is 4. The van der Waals surface area contributed by atoms with Gasteiger partial charge in [-0.15, -0.1) is 0 Å². The van der Waals surface area contributed by atoms with Gasteiger partial charge in [-0.2, -0.15) is 5.10 Å². The minimum atomic E-state index is -0.851. The van der Waals surface area contributed by atoms with Crippen LogP contribution in [0.25, 0.3) is 0 Å². The average Bonchev–Trinajstić information content (AvgIpc) is 2.78. The van der Waals surface area contributed by atoms with Crippen LogP contribution < -0.4 is 0 Å². The van der Waals surface area contributed by atoms with Crippen LogP contribution >= 0.6 is 0 Å². The van der Waals surface area contributed by atoms with Crippen LogP contribution in [-0.4, -0.2) is 61.7 Å². The summed E-state index contributed by atoms with van der Waals surface area (Å²) in [4.78, 5) is 30.3. The Labute approximate surface area is 124 Å². The third kappa shape index (κ3) is 5.41. The van der Waals surface area contributed by atoms with Crippen molar-refractivity contribution in [2.45, 2.75) is 46.2 Å². The minimum absolute atomic E-state index is 0.00243. The molecule has 1 aromatic rings. The van der Waals surface area contributed by atoms with E-state index in [9.17, 15) is 9.59 Å². The molecule has 0 atom stereocenters. The molecule has 0 aliphatic carbocycles. The molecule has 0 aromatic carbocycles. The number of carbonyl (C=O) groups excluding carboxylic acids is 1. The van der Waals surface area contributed by atoms with Gasteiger partial charge in [0.05, 0.1) is 6.54 Å². The van der Waals surface area contributed by atoms with E-state index in [4.69, 9.17) is 5.11 Å². The number of rotatable bonds is 7. The third-order valence-corrected chi connectivity index (χ3v) is 3.01. The second kappa shape index (κ2) is 7.61. The van der Waals surface area contributed by atoms with Gasteiger partial charge in [-0.25, -0.2) is 9.78 Å². The van der Waals surface area contributed by atoms with Crippen LogP contribution in [0.5, 0.6) is 0 Å². The molecule has 2 amide bonds. The van der Waals surface area contributed by atoms with Crippen molar-refractivity contribution in [2.75, 3.05) is 13.6 Å². The lowest BCUT2D eigenvalue weighted by atomic mass is 10.2. The predicted molar refractivity (Wildman–Crippen MR) is 76.7 cm³/mol. The first-order chi connectivity index (χ1) is 9.81. The Morgan fingerprint density at radius 1 is 1.38 bits per heavy atom. The van der Waals surface area contributed by atoms with E-state index in [1.54, 1.807) is 18.9 Å². The summed E-state index contributed by atoms with van der Waals surface area (Å²) in [7, 11) is 1.68. The summed E-state index contributed by atoms with van der Waals surface area (Å²) in [5.41, 5.74) is 0. The lowest BCUT2D eigenvalue weighted by Crippen LogP contribution is -2.45. The Bertz CT molecular complexity index is 486. The number of H-pyrrole nitrogens is 1. The lowest BCUT2D eigenvalue weighted by molar-refractivity contribution is -0.137. The van der Waals surface area contributed by atoms with Crippen LogP contribution in [0, 0.1) is 6.92 Å². The van der Waals surface area contributed by atoms with E-state index in [1.165, 1.54) is 4.90 Å². The number of amides is 2. The zero-order valence-electron chi connectivity index (χ0n) is 13.0. The van der Waals surface area contributed by atoms with E-state index in [1.807, 2.05) is 13.8 Å². The van der Waals surface area contributed by atoms with Gasteiger partial charge in [-0.05, 0) is 27.2 Å². The number of carboxylic acids is 1. The van der Waals surface area contributed by atoms with Crippen molar-refractivity contribution in [3.8, 4) is 0 Å². The molecule has 1 rings (SSSR count). The summed E-state index contributed by atoms with van der Waals surface area (Å²) in [6, 6.07) is -0.152. The van der Waals surface area contributed by atoms with E-state index in [0.29, 0.717) is 31.2 Å². The normalized spacial score (nSPS) is 10.7. The minimum Gasteiger partial charge on any atom is -0.481 e. The maximum atomic E-state index is 12.4. The quantitative estimate of drug-likeness (QED) is 0.788. The zero-order chi connectivity index (χ0) is 16.0. The largest absolute Gasteiger partial charge is 0.481 e. The molecule has 1 aromatic heterocycles. The van der Waals surface area contributed by atoms with Gasteiger partial charge < -0.3 is 14.9 Å². The summed E-state index contributed by atoms with van der Waals surface area (Å²) in [6.45, 7) is 6.34. The predicted octanol–water partition coefficient (Wildman–Crippen LogP) is 1.24. The number of aromatic nitrogens is 3. The average molecular weight is 297 g/mol. The number of urea groups is 1. The van der Waals surface area contributed by atoms with Gasteiger partial charge in [-0.3, -0.25) is 9.89 Å². The van der Waals surface area contributed by atoms with E-state index < -0.39 is 5.97 Å². The molecule has 21 heavy (non-hydrogen) atoms. The monoisotopic (exact) mass is 297 g/mol. The van der Waals surface area contributed by atoms with Crippen molar-refractivity contribution in [1.29, 1.82) is 0 Å². The Morgan fingerprint density at radius 2 is 2.05 bits per heavy atom. The maximum absolute atomic E-state index is 12.4. The van der Waals surface area contributed by atoms with Gasteiger partial charge in [0.1, 0.15) is 5.82 Å². The molecule has 1 heterocycles. The molecule has 0 bridgehead atoms. The topological polar surface area (TPSA) is 102 Å². The molecule has 0 radical (unpaired) electrons. The number of carboxylic acid groups (broad SMARTS) is 1. The Balaban J connectivity index is 2.60. The smallest absolute Gasteiger partial charge is 0.320 e. The molecule has 0 fully saturated rings. The van der Waals surface area contributed by atoms with Crippen molar-refractivity contribution in [2.24, 2.45) is 0 Å². The number of carbonyl (C=O) groups is 2. The number of aryl methyl sites for hydroxylation is 1. The van der Waals surface area contributed by atoms with Gasteiger partial charge in [0, 0.05) is 26.1 Å². The second-order valence-electron chi connectivity index (χ2n) is 5.26. The summed E-state index contributed by atoms with van der Waals surface area (Å²) >= 11 is 0. The van der Waals surface area contributed by atoms with E-state index in [2.05, 4.69) is 15.2 Å². The lowest BCUT2D eigenvalue weighted by Gasteiger charge is -2.30. The van der Waals surface area contributed by atoms with E-state index in [-0.39, 0.29) is 18.5 Å². The molecule has 0 aliphatic heterocycles. The highest BCUT2D eigenvalue weighted by Gasteiger charge is 2.21. The van der Waals surface area contributed by atoms with Gasteiger partial charge in [0.2, 0.25) is 0 Å². The Kier molecular flexibility index (Phi) is 6.13. The number of aliphatic carboxylic acids is 1. The molecular formula is C13H23N5O3. The summed E-state index contributed by atoms with van der Waals surface area (Å²) in [5.74, 6) is 0.404. The first-order valence-electron chi connectivity index (χ1n) is 6.92. The van der Waals surface area contributed by atoms with Crippen LogP contribution in [0.4, 0.5) is 4.79 Å². The summed E-state index contributed by atoms with van der Waals surface area (Å²) < 4.78 is 0. The number of nitrogens with one attached hydrogen (secondary N) is 1. The number of hydrogen-bond donors (Lipinski definition) is 2. The van der Waals surface area contributed by atoms with Gasteiger partial charge in [0.25, 0.3) is 0 Å². The molecule has 0 spiro atoms. The van der Waals surface area contributed by atoms with E-state index in [0.717, 1.165) is 0 Å². The van der Waals surface area contributed by atoms with Gasteiger partial charge in [0.15, 0.2) is 5.82 Å². The van der Waals surface area contributed by atoms with Crippen molar-refractivity contribution in [3.05, 3.63) is 11.6 Å². The van der Waals surface area contributed by atoms with Crippen molar-refractivity contribution >= 4 is 12.0 Å². The van der Waals surface area contributed by atoms with Crippen LogP contribution in [-0.2, 0) is 11.3 Å². The fourth-order valence-corrected chi connectivity index (χ4v) is 1.93. The standard InChI is InChI=1S/C13H23N5O3/c1-9(2)18(7-5-6-12(19)20)13(21)17(4)8-11-14-10(3)15-16-11/h9H,5-8H2,1-4H3,(H,19,20)(H,14,15,16). The van der Waals surface area contributed by atoms with Crippen molar-refractivity contribution < 1.29 is 14.7 Å². The zero-order valence-corrected chi connectivity index (χ0v) is 13.0. The fourth-order valence-electron chi connectivity index (χ4n) is 1.93. The molecular weight excluding hydrogens is 274 g/mol. The van der Waals surface area contributed by atoms with Crippen LogP contribution in [0.1, 0.15) is 38.3 Å². The summed E-state index contributed by atoms with van der Waals surface area (Å²) in [5, 5.41) is 15.4. The first kappa shape index (κ1) is 16.9. The van der Waals surface area contributed by atoms with Crippen LogP contribution in [0.15, 0.2) is 0 Å². The molecule has 8 nitrogen and oxygen atoms in total. The molecule has 118 valence electrons. The fraction of sp³-hybridized carbons (Fsp3) is 0.692. The Morgan fingerprint density at radius 3 is 2.52 bits per heavy atom. The highest BCUT2D eigenvalue weighted by atomic mass is 16.4. The highest BCUT2D eigenvalue weighted by Crippen LogP contribution is 2.08. The van der Waals surface area contributed by atoms with Gasteiger partial charge in [-0.1, -0.05) is 0 Å². The van der Waals surface area contributed by atoms with Gasteiger partial charge >= 0.3 is 12.0 Å². The van der Waals surface area contributed by atoms with Crippen molar-refractivity contribution in [1.82, 2.24) is 25.0 Å². The summed E-state index contributed by atoms with van der Waals surface area (Å²) in [6.07, 6.45) is 0.493. The SMILES string of the molecule is Cc1nc(CN(C)C(=O)N(CCCC(=O)O)C(C)C)n[nH]1. The van der Waals surface area contributed by atoms with E-state index >= 15 is 0 Å². The first-order valence-corrected chi connectivity index (χ1v) is 6.92. The van der Waals surface area contributed by atoms with Crippen LogP contribution in [0.2, 0.25) is 0 Å². The molecule has 2 N–H and O–H groups in total. The third-order valence-electron chi connectivity index (χ3n) is 3.01. The Hall–Kier alpha value is -2.12.